The molecule has 0 saturated carbocycles. The van der Waals surface area contributed by atoms with Crippen LogP contribution in [0.2, 0.25) is 5.02 Å². The van der Waals surface area contributed by atoms with Gasteiger partial charge in [-0.25, -0.2) is 4.39 Å². The lowest BCUT2D eigenvalue weighted by Gasteiger charge is -2.09. The Labute approximate surface area is 86.7 Å². The van der Waals surface area contributed by atoms with Crippen LogP contribution in [0, 0.1) is 5.82 Å². The predicted octanol–water partition coefficient (Wildman–Crippen LogP) is 2.14. The van der Waals surface area contributed by atoms with Crippen LogP contribution in [0.15, 0.2) is 12.1 Å². The molecular formula is C9H11ClFNO2. The fourth-order valence-corrected chi connectivity index (χ4v) is 1.30. The van der Waals surface area contributed by atoms with Gasteiger partial charge in [-0.3, -0.25) is 0 Å². The summed E-state index contributed by atoms with van der Waals surface area (Å²) < 4.78 is 17.9. The molecule has 1 rings (SSSR count). The van der Waals surface area contributed by atoms with E-state index >= 15 is 0 Å². The Morgan fingerprint density at radius 1 is 1.43 bits per heavy atom. The van der Waals surface area contributed by atoms with Gasteiger partial charge in [0.15, 0.2) is 0 Å². The molecule has 0 atom stereocenters. The Morgan fingerprint density at radius 3 is 2.71 bits per heavy atom. The monoisotopic (exact) mass is 219 g/mol. The van der Waals surface area contributed by atoms with Gasteiger partial charge in [0.1, 0.15) is 11.6 Å². The quantitative estimate of drug-likeness (QED) is 0.787. The molecule has 0 aromatic heterocycles. The van der Waals surface area contributed by atoms with Gasteiger partial charge in [0, 0.05) is 12.6 Å². The minimum Gasteiger partial charge on any atom is -0.495 e. The van der Waals surface area contributed by atoms with Crippen molar-refractivity contribution < 1.29 is 14.0 Å². The molecule has 14 heavy (non-hydrogen) atoms. The summed E-state index contributed by atoms with van der Waals surface area (Å²) in [4.78, 5) is 4.64. The second-order valence-corrected chi connectivity index (χ2v) is 2.98. The maximum atomic E-state index is 13.0. The molecule has 78 valence electrons. The van der Waals surface area contributed by atoms with Crippen molar-refractivity contribution in [2.24, 2.45) is 0 Å². The van der Waals surface area contributed by atoms with Gasteiger partial charge in [-0.15, -0.1) is 0 Å². The van der Waals surface area contributed by atoms with Crippen molar-refractivity contribution in [3.8, 4) is 5.75 Å². The van der Waals surface area contributed by atoms with Gasteiger partial charge in [-0.1, -0.05) is 11.6 Å². The Hall–Kier alpha value is -0.840. The van der Waals surface area contributed by atoms with Crippen molar-refractivity contribution in [1.29, 1.82) is 0 Å². The summed E-state index contributed by atoms with van der Waals surface area (Å²) in [6.45, 7) is 0.323. The van der Waals surface area contributed by atoms with E-state index in [1.807, 2.05) is 0 Å². The second-order valence-electron chi connectivity index (χ2n) is 2.61. The lowest BCUT2D eigenvalue weighted by atomic mass is 10.2. The summed E-state index contributed by atoms with van der Waals surface area (Å²) in [7, 11) is 2.92. The van der Waals surface area contributed by atoms with Crippen LogP contribution in [0.5, 0.6) is 5.75 Å². The van der Waals surface area contributed by atoms with E-state index in [2.05, 4.69) is 10.3 Å². The topological polar surface area (TPSA) is 30.5 Å². The van der Waals surface area contributed by atoms with Gasteiger partial charge < -0.3 is 9.57 Å². The van der Waals surface area contributed by atoms with Crippen LogP contribution < -0.4 is 10.2 Å². The zero-order valence-corrected chi connectivity index (χ0v) is 8.69. The highest BCUT2D eigenvalue weighted by Gasteiger charge is 2.09. The highest BCUT2D eigenvalue weighted by atomic mass is 35.5. The van der Waals surface area contributed by atoms with E-state index in [0.29, 0.717) is 22.9 Å². The molecule has 0 heterocycles. The van der Waals surface area contributed by atoms with Crippen molar-refractivity contribution >= 4 is 11.6 Å². The number of methoxy groups -OCH3 is 1. The fourth-order valence-electron chi connectivity index (χ4n) is 1.05. The maximum Gasteiger partial charge on any atom is 0.140 e. The van der Waals surface area contributed by atoms with E-state index in [9.17, 15) is 4.39 Å². The van der Waals surface area contributed by atoms with E-state index in [-0.39, 0.29) is 5.82 Å². The van der Waals surface area contributed by atoms with Crippen LogP contribution in [0.4, 0.5) is 4.39 Å². The second kappa shape index (κ2) is 5.14. The predicted molar refractivity (Wildman–Crippen MR) is 51.8 cm³/mol. The van der Waals surface area contributed by atoms with Gasteiger partial charge >= 0.3 is 0 Å². The van der Waals surface area contributed by atoms with E-state index in [1.54, 1.807) is 0 Å². The number of benzene rings is 1. The number of hydrogen-bond acceptors (Lipinski definition) is 3. The molecule has 3 nitrogen and oxygen atoms in total. The molecule has 0 fully saturated rings. The smallest absolute Gasteiger partial charge is 0.140 e. The maximum absolute atomic E-state index is 13.0. The minimum absolute atomic E-state index is 0.319. The number of rotatable bonds is 4. The molecule has 1 aromatic rings. The van der Waals surface area contributed by atoms with Crippen LogP contribution in [-0.2, 0) is 11.4 Å². The molecule has 0 spiro atoms. The van der Waals surface area contributed by atoms with Crippen LogP contribution >= 0.6 is 11.6 Å². The molecular weight excluding hydrogens is 209 g/mol. The van der Waals surface area contributed by atoms with Crippen LogP contribution in [0.1, 0.15) is 5.56 Å². The molecule has 1 N–H and O–H groups in total. The number of halogens is 2. The Kier molecular flexibility index (Phi) is 4.13. The third-order valence-electron chi connectivity index (χ3n) is 1.71. The third kappa shape index (κ3) is 2.57. The van der Waals surface area contributed by atoms with Crippen LogP contribution in [-0.4, -0.2) is 14.2 Å². The van der Waals surface area contributed by atoms with Gasteiger partial charge in [0.25, 0.3) is 0 Å². The first-order chi connectivity index (χ1) is 6.69. The average Bonchev–Trinajstić information content (AvgIpc) is 2.18. The molecule has 0 amide bonds. The molecule has 0 bridgehead atoms. The van der Waals surface area contributed by atoms with Crippen molar-refractivity contribution in [3.63, 3.8) is 0 Å². The lowest BCUT2D eigenvalue weighted by Crippen LogP contribution is -2.11. The molecule has 5 heteroatoms. The van der Waals surface area contributed by atoms with E-state index in [4.69, 9.17) is 16.3 Å². The zero-order valence-electron chi connectivity index (χ0n) is 7.93. The first kappa shape index (κ1) is 11.2. The lowest BCUT2D eigenvalue weighted by molar-refractivity contribution is 0.0866. The molecule has 0 aliphatic heterocycles. The molecule has 0 unspecified atom stereocenters. The summed E-state index contributed by atoms with van der Waals surface area (Å²) in [5, 5.41) is 0.387. The van der Waals surface area contributed by atoms with Crippen molar-refractivity contribution in [1.82, 2.24) is 5.48 Å². The largest absolute Gasteiger partial charge is 0.495 e. The number of nitrogens with one attached hydrogen (secondary N) is 1. The van der Waals surface area contributed by atoms with Crippen molar-refractivity contribution in [2.45, 2.75) is 6.54 Å². The number of hydroxylamine groups is 1. The van der Waals surface area contributed by atoms with Crippen LogP contribution in [0.25, 0.3) is 0 Å². The Bertz CT molecular complexity index is 320. The normalized spacial score (nSPS) is 10.3. The summed E-state index contributed by atoms with van der Waals surface area (Å²) in [6, 6.07) is 2.56. The standard InChI is InChI=1S/C9H11ClFNO2/c1-13-8-4-7(11)3-6(9(8)10)5-12-14-2/h3-4,12H,5H2,1-2H3. The zero-order chi connectivity index (χ0) is 10.6. The highest BCUT2D eigenvalue weighted by Crippen LogP contribution is 2.29. The molecule has 0 aliphatic carbocycles. The van der Waals surface area contributed by atoms with Gasteiger partial charge in [0.05, 0.1) is 19.2 Å². The van der Waals surface area contributed by atoms with E-state index in [1.165, 1.54) is 26.4 Å². The SMILES string of the molecule is CONCc1cc(F)cc(OC)c1Cl. The highest BCUT2D eigenvalue weighted by molar-refractivity contribution is 6.32. The van der Waals surface area contributed by atoms with Crippen molar-refractivity contribution in [2.75, 3.05) is 14.2 Å². The molecule has 1 aromatic carbocycles. The average molecular weight is 220 g/mol. The van der Waals surface area contributed by atoms with Crippen LogP contribution in [0.3, 0.4) is 0 Å². The summed E-state index contributed by atoms with van der Waals surface area (Å²) >= 11 is 5.93. The number of ether oxygens (including phenoxy) is 1. The Balaban J connectivity index is 2.96. The Morgan fingerprint density at radius 2 is 2.14 bits per heavy atom. The van der Waals surface area contributed by atoms with E-state index in [0.717, 1.165) is 0 Å². The molecule has 0 radical (unpaired) electrons. The summed E-state index contributed by atoms with van der Waals surface area (Å²) in [5.74, 6) is -0.0706. The third-order valence-corrected chi connectivity index (χ3v) is 2.14. The number of hydrogen-bond donors (Lipinski definition) is 1. The first-order valence-corrected chi connectivity index (χ1v) is 4.34. The van der Waals surface area contributed by atoms with E-state index < -0.39 is 0 Å². The first-order valence-electron chi connectivity index (χ1n) is 3.96. The van der Waals surface area contributed by atoms with Gasteiger partial charge in [0.2, 0.25) is 0 Å². The molecule has 0 saturated heterocycles. The minimum atomic E-state index is -0.390. The summed E-state index contributed by atoms with van der Waals surface area (Å²) in [6.07, 6.45) is 0. The van der Waals surface area contributed by atoms with Gasteiger partial charge in [-0.2, -0.15) is 5.48 Å². The molecule has 0 aliphatic rings. The van der Waals surface area contributed by atoms with Gasteiger partial charge in [-0.05, 0) is 11.6 Å². The fraction of sp³-hybridized carbons (Fsp3) is 0.333. The summed E-state index contributed by atoms with van der Waals surface area (Å²) in [5.41, 5.74) is 3.17. The van der Waals surface area contributed by atoms with Crippen molar-refractivity contribution in [3.05, 3.63) is 28.5 Å².